The van der Waals surface area contributed by atoms with Crippen LogP contribution in [0.3, 0.4) is 0 Å². The van der Waals surface area contributed by atoms with Gasteiger partial charge in [0.15, 0.2) is 0 Å². The Morgan fingerprint density at radius 2 is 1.94 bits per heavy atom. The lowest BCUT2D eigenvalue weighted by Crippen LogP contribution is -2.02. The van der Waals surface area contributed by atoms with Gasteiger partial charge in [-0.1, -0.05) is 19.9 Å². The number of ether oxygens (including phenoxy) is 1. The second-order valence-corrected chi connectivity index (χ2v) is 4.87. The van der Waals surface area contributed by atoms with Gasteiger partial charge in [0.1, 0.15) is 5.75 Å². The van der Waals surface area contributed by atoms with Crippen LogP contribution < -0.4 is 10.5 Å². The molecule has 0 aliphatic carbocycles. The first-order chi connectivity index (χ1) is 8.15. The normalized spacial score (nSPS) is 10.9. The predicted molar refractivity (Wildman–Crippen MR) is 73.7 cm³/mol. The molecule has 0 spiro atoms. The molecule has 0 heterocycles. The van der Waals surface area contributed by atoms with Crippen LogP contribution in [0.25, 0.3) is 0 Å². The highest BCUT2D eigenvalue weighted by Crippen LogP contribution is 2.23. The molecule has 17 heavy (non-hydrogen) atoms. The zero-order chi connectivity index (χ0) is 12.7. The average Bonchev–Trinajstić information content (AvgIpc) is 2.28. The van der Waals surface area contributed by atoms with E-state index >= 15 is 0 Å². The molecule has 0 saturated carbocycles. The SMILES string of the molecule is Cc1cc(OCCCCCN)ccc1C(C)C. The Kier molecular flexibility index (Phi) is 6.06. The third-order valence-electron chi connectivity index (χ3n) is 2.98. The van der Waals surface area contributed by atoms with Gasteiger partial charge in [-0.15, -0.1) is 0 Å². The highest BCUT2D eigenvalue weighted by Gasteiger charge is 2.04. The van der Waals surface area contributed by atoms with Crippen molar-refractivity contribution in [3.8, 4) is 5.75 Å². The van der Waals surface area contributed by atoms with Crippen LogP contribution in [-0.2, 0) is 0 Å². The minimum atomic E-state index is 0.577. The number of aryl methyl sites for hydroxylation is 1. The summed E-state index contributed by atoms with van der Waals surface area (Å²) in [6, 6.07) is 6.39. The second-order valence-electron chi connectivity index (χ2n) is 4.87. The van der Waals surface area contributed by atoms with Crippen LogP contribution in [0.4, 0.5) is 0 Å². The van der Waals surface area contributed by atoms with Crippen molar-refractivity contribution in [2.45, 2.75) is 46.0 Å². The molecule has 2 nitrogen and oxygen atoms in total. The Bertz CT molecular complexity index is 334. The zero-order valence-electron chi connectivity index (χ0n) is 11.3. The maximum atomic E-state index is 5.73. The van der Waals surface area contributed by atoms with E-state index in [-0.39, 0.29) is 0 Å². The molecule has 1 rings (SSSR count). The molecule has 0 aliphatic rings. The first-order valence-corrected chi connectivity index (χ1v) is 6.58. The molecule has 0 radical (unpaired) electrons. The molecule has 1 aromatic rings. The van der Waals surface area contributed by atoms with Crippen LogP contribution in [0.1, 0.15) is 50.2 Å². The summed E-state index contributed by atoms with van der Waals surface area (Å²) in [5, 5.41) is 0. The van der Waals surface area contributed by atoms with Crippen LogP contribution in [0, 0.1) is 6.92 Å². The lowest BCUT2D eigenvalue weighted by atomic mass is 9.98. The van der Waals surface area contributed by atoms with E-state index in [2.05, 4.69) is 39.0 Å². The Morgan fingerprint density at radius 1 is 1.18 bits per heavy atom. The van der Waals surface area contributed by atoms with Crippen molar-refractivity contribution in [1.82, 2.24) is 0 Å². The molecule has 0 saturated heterocycles. The van der Waals surface area contributed by atoms with Gasteiger partial charge in [0.25, 0.3) is 0 Å². The van der Waals surface area contributed by atoms with Crippen molar-refractivity contribution in [2.75, 3.05) is 13.2 Å². The summed E-state index contributed by atoms with van der Waals surface area (Å²) < 4.78 is 5.73. The van der Waals surface area contributed by atoms with Crippen molar-refractivity contribution in [3.63, 3.8) is 0 Å². The highest BCUT2D eigenvalue weighted by molar-refractivity contribution is 5.36. The minimum Gasteiger partial charge on any atom is -0.494 e. The van der Waals surface area contributed by atoms with Gasteiger partial charge >= 0.3 is 0 Å². The van der Waals surface area contributed by atoms with Crippen LogP contribution in [0.5, 0.6) is 5.75 Å². The van der Waals surface area contributed by atoms with Gasteiger partial charge in [-0.3, -0.25) is 0 Å². The Balaban J connectivity index is 2.42. The van der Waals surface area contributed by atoms with E-state index < -0.39 is 0 Å². The van der Waals surface area contributed by atoms with Crippen molar-refractivity contribution >= 4 is 0 Å². The molecule has 2 N–H and O–H groups in total. The Hall–Kier alpha value is -1.02. The molecule has 96 valence electrons. The van der Waals surface area contributed by atoms with Crippen molar-refractivity contribution in [1.29, 1.82) is 0 Å². The van der Waals surface area contributed by atoms with Gasteiger partial charge in [-0.25, -0.2) is 0 Å². The minimum absolute atomic E-state index is 0.577. The van der Waals surface area contributed by atoms with E-state index in [1.807, 2.05) is 0 Å². The third kappa shape index (κ3) is 4.78. The monoisotopic (exact) mass is 235 g/mol. The molecular formula is C15H25NO. The van der Waals surface area contributed by atoms with Gasteiger partial charge < -0.3 is 10.5 Å². The van der Waals surface area contributed by atoms with Crippen LogP contribution in [0.15, 0.2) is 18.2 Å². The second kappa shape index (κ2) is 7.33. The maximum Gasteiger partial charge on any atom is 0.119 e. The highest BCUT2D eigenvalue weighted by atomic mass is 16.5. The Morgan fingerprint density at radius 3 is 2.53 bits per heavy atom. The maximum absolute atomic E-state index is 5.73. The van der Waals surface area contributed by atoms with Gasteiger partial charge in [-0.2, -0.15) is 0 Å². The molecule has 0 unspecified atom stereocenters. The first-order valence-electron chi connectivity index (χ1n) is 6.58. The molecule has 0 fully saturated rings. The predicted octanol–water partition coefficient (Wildman–Crippen LogP) is 3.63. The number of hydrogen-bond donors (Lipinski definition) is 1. The van der Waals surface area contributed by atoms with E-state index in [1.165, 1.54) is 11.1 Å². The van der Waals surface area contributed by atoms with Crippen molar-refractivity contribution in [2.24, 2.45) is 5.73 Å². The largest absolute Gasteiger partial charge is 0.494 e. The van der Waals surface area contributed by atoms with E-state index in [0.29, 0.717) is 5.92 Å². The molecular weight excluding hydrogens is 210 g/mol. The summed E-state index contributed by atoms with van der Waals surface area (Å²) in [4.78, 5) is 0. The fourth-order valence-electron chi connectivity index (χ4n) is 2.00. The molecule has 1 aromatic carbocycles. The van der Waals surface area contributed by atoms with Crippen molar-refractivity contribution < 1.29 is 4.74 Å². The quantitative estimate of drug-likeness (QED) is 0.732. The average molecular weight is 235 g/mol. The van der Waals surface area contributed by atoms with E-state index in [9.17, 15) is 0 Å². The lowest BCUT2D eigenvalue weighted by Gasteiger charge is -2.12. The van der Waals surface area contributed by atoms with Gasteiger partial charge in [0.05, 0.1) is 6.61 Å². The number of hydrogen-bond acceptors (Lipinski definition) is 2. The number of rotatable bonds is 7. The van der Waals surface area contributed by atoms with Gasteiger partial charge in [0.2, 0.25) is 0 Å². The first kappa shape index (κ1) is 14.0. The fraction of sp³-hybridized carbons (Fsp3) is 0.600. The third-order valence-corrected chi connectivity index (χ3v) is 2.98. The molecule has 0 aromatic heterocycles. The number of unbranched alkanes of at least 4 members (excludes halogenated alkanes) is 2. The number of benzene rings is 1. The van der Waals surface area contributed by atoms with Crippen LogP contribution in [-0.4, -0.2) is 13.2 Å². The summed E-state index contributed by atoms with van der Waals surface area (Å²) in [5.74, 6) is 1.56. The summed E-state index contributed by atoms with van der Waals surface area (Å²) in [5.41, 5.74) is 8.17. The summed E-state index contributed by atoms with van der Waals surface area (Å²) in [7, 11) is 0. The molecule has 0 atom stereocenters. The lowest BCUT2D eigenvalue weighted by molar-refractivity contribution is 0.305. The van der Waals surface area contributed by atoms with Gasteiger partial charge in [0, 0.05) is 0 Å². The fourth-order valence-corrected chi connectivity index (χ4v) is 2.00. The van der Waals surface area contributed by atoms with Crippen LogP contribution >= 0.6 is 0 Å². The smallest absolute Gasteiger partial charge is 0.119 e. The summed E-state index contributed by atoms with van der Waals surface area (Å²) in [6.07, 6.45) is 3.33. The standard InChI is InChI=1S/C15H25NO/c1-12(2)15-8-7-14(11-13(15)3)17-10-6-4-5-9-16/h7-8,11-12H,4-6,9-10,16H2,1-3H3. The Labute approximate surface area is 105 Å². The molecule has 0 amide bonds. The van der Waals surface area contributed by atoms with Crippen LogP contribution in [0.2, 0.25) is 0 Å². The van der Waals surface area contributed by atoms with E-state index in [4.69, 9.17) is 10.5 Å². The molecule has 0 aliphatic heterocycles. The summed E-state index contributed by atoms with van der Waals surface area (Å²) >= 11 is 0. The molecule has 2 heteroatoms. The number of nitrogens with two attached hydrogens (primary N) is 1. The molecule has 0 bridgehead atoms. The van der Waals surface area contributed by atoms with Gasteiger partial charge in [-0.05, 0) is 61.9 Å². The van der Waals surface area contributed by atoms with Crippen molar-refractivity contribution in [3.05, 3.63) is 29.3 Å². The topological polar surface area (TPSA) is 35.2 Å². The van der Waals surface area contributed by atoms with E-state index in [0.717, 1.165) is 38.2 Å². The zero-order valence-corrected chi connectivity index (χ0v) is 11.3. The summed E-state index contributed by atoms with van der Waals surface area (Å²) in [6.45, 7) is 8.16. The van der Waals surface area contributed by atoms with E-state index in [1.54, 1.807) is 0 Å².